The van der Waals surface area contributed by atoms with E-state index in [0.29, 0.717) is 6.04 Å². The van der Waals surface area contributed by atoms with Gasteiger partial charge < -0.3 is 15.0 Å². The van der Waals surface area contributed by atoms with E-state index in [-0.39, 0.29) is 0 Å². The highest BCUT2D eigenvalue weighted by molar-refractivity contribution is 5.36. The van der Waals surface area contributed by atoms with Gasteiger partial charge in [0.15, 0.2) is 0 Å². The molecule has 3 heteroatoms. The molecule has 1 aromatic carbocycles. The summed E-state index contributed by atoms with van der Waals surface area (Å²) in [5.74, 6) is 0.939. The Morgan fingerprint density at radius 2 is 1.90 bits per heavy atom. The molecule has 0 bridgehead atoms. The van der Waals surface area contributed by atoms with Gasteiger partial charge >= 0.3 is 0 Å². The van der Waals surface area contributed by atoms with Crippen molar-refractivity contribution in [2.45, 2.75) is 46.6 Å². The molecule has 0 heterocycles. The molecule has 21 heavy (non-hydrogen) atoms. The van der Waals surface area contributed by atoms with Crippen LogP contribution in [0.25, 0.3) is 0 Å². The lowest BCUT2D eigenvalue weighted by Crippen LogP contribution is -2.30. The van der Waals surface area contributed by atoms with Gasteiger partial charge in [-0.1, -0.05) is 26.8 Å². The molecule has 0 aliphatic carbocycles. The van der Waals surface area contributed by atoms with Crippen LogP contribution in [-0.4, -0.2) is 38.2 Å². The molecule has 1 unspecified atom stereocenters. The summed E-state index contributed by atoms with van der Waals surface area (Å²) >= 11 is 0. The van der Waals surface area contributed by atoms with E-state index < -0.39 is 0 Å². The van der Waals surface area contributed by atoms with Crippen molar-refractivity contribution in [3.05, 3.63) is 29.3 Å². The molecule has 0 saturated heterocycles. The maximum Gasteiger partial charge on any atom is 0.119 e. The summed E-state index contributed by atoms with van der Waals surface area (Å²) in [4.78, 5) is 2.49. The molecule has 1 atom stereocenters. The molecule has 0 aliphatic rings. The van der Waals surface area contributed by atoms with Crippen LogP contribution in [0.3, 0.4) is 0 Å². The SMILES string of the molecule is CCCNC(CCN(CC)CC)c1ccc(OC)cc1C. The first-order chi connectivity index (χ1) is 10.2. The number of nitrogens with one attached hydrogen (secondary N) is 1. The van der Waals surface area contributed by atoms with E-state index in [1.165, 1.54) is 11.1 Å². The Bertz CT molecular complexity index is 402. The topological polar surface area (TPSA) is 24.5 Å². The Kier molecular flexibility index (Phi) is 8.40. The third-order valence-corrected chi connectivity index (χ3v) is 4.12. The number of rotatable bonds is 10. The molecule has 0 radical (unpaired) electrons. The number of aryl methyl sites for hydroxylation is 1. The summed E-state index contributed by atoms with van der Waals surface area (Å²) in [6.45, 7) is 13.3. The van der Waals surface area contributed by atoms with Crippen molar-refractivity contribution in [3.8, 4) is 5.75 Å². The zero-order chi connectivity index (χ0) is 15.7. The number of hydrogen-bond acceptors (Lipinski definition) is 3. The number of benzene rings is 1. The van der Waals surface area contributed by atoms with Gasteiger partial charge in [0, 0.05) is 6.04 Å². The maximum absolute atomic E-state index is 5.32. The normalized spacial score (nSPS) is 12.7. The first-order valence-corrected chi connectivity index (χ1v) is 8.26. The molecule has 0 spiro atoms. The molecule has 0 aromatic heterocycles. The molecular weight excluding hydrogens is 260 g/mol. The summed E-state index contributed by atoms with van der Waals surface area (Å²) in [5.41, 5.74) is 2.71. The van der Waals surface area contributed by atoms with Gasteiger partial charge in [-0.25, -0.2) is 0 Å². The third-order valence-electron chi connectivity index (χ3n) is 4.12. The summed E-state index contributed by atoms with van der Waals surface area (Å²) in [6, 6.07) is 6.84. The van der Waals surface area contributed by atoms with Crippen LogP contribution < -0.4 is 10.1 Å². The van der Waals surface area contributed by atoms with Crippen LogP contribution in [0.4, 0.5) is 0 Å². The zero-order valence-electron chi connectivity index (χ0n) is 14.4. The van der Waals surface area contributed by atoms with Crippen molar-refractivity contribution in [1.82, 2.24) is 10.2 Å². The van der Waals surface area contributed by atoms with Gasteiger partial charge in [0.1, 0.15) is 5.75 Å². The van der Waals surface area contributed by atoms with Gasteiger partial charge in [0.05, 0.1) is 7.11 Å². The van der Waals surface area contributed by atoms with Crippen molar-refractivity contribution in [1.29, 1.82) is 0 Å². The van der Waals surface area contributed by atoms with Crippen LogP contribution >= 0.6 is 0 Å². The van der Waals surface area contributed by atoms with E-state index in [1.54, 1.807) is 7.11 Å². The van der Waals surface area contributed by atoms with E-state index in [1.807, 2.05) is 0 Å². The lowest BCUT2D eigenvalue weighted by atomic mass is 9.98. The average molecular weight is 292 g/mol. The Morgan fingerprint density at radius 3 is 2.43 bits per heavy atom. The summed E-state index contributed by atoms with van der Waals surface area (Å²) in [5, 5.41) is 3.70. The largest absolute Gasteiger partial charge is 0.497 e. The quantitative estimate of drug-likeness (QED) is 0.710. The highest BCUT2D eigenvalue weighted by atomic mass is 16.5. The van der Waals surface area contributed by atoms with Crippen LogP contribution in [-0.2, 0) is 0 Å². The fraction of sp³-hybridized carbons (Fsp3) is 0.667. The maximum atomic E-state index is 5.32. The number of ether oxygens (including phenoxy) is 1. The van der Waals surface area contributed by atoms with E-state index in [2.05, 4.69) is 56.1 Å². The van der Waals surface area contributed by atoms with Gasteiger partial charge in [0.2, 0.25) is 0 Å². The fourth-order valence-corrected chi connectivity index (χ4v) is 2.70. The minimum absolute atomic E-state index is 0.427. The van der Waals surface area contributed by atoms with E-state index >= 15 is 0 Å². The van der Waals surface area contributed by atoms with Crippen LogP contribution in [0.5, 0.6) is 5.75 Å². The lowest BCUT2D eigenvalue weighted by molar-refractivity contribution is 0.281. The second-order valence-electron chi connectivity index (χ2n) is 5.54. The Labute approximate surface area is 130 Å². The van der Waals surface area contributed by atoms with Crippen LogP contribution in [0.2, 0.25) is 0 Å². The summed E-state index contributed by atoms with van der Waals surface area (Å²) in [7, 11) is 1.72. The van der Waals surface area contributed by atoms with Crippen molar-refractivity contribution >= 4 is 0 Å². The second-order valence-corrected chi connectivity index (χ2v) is 5.54. The molecule has 3 nitrogen and oxygen atoms in total. The fourth-order valence-electron chi connectivity index (χ4n) is 2.70. The van der Waals surface area contributed by atoms with E-state index in [9.17, 15) is 0 Å². The Hall–Kier alpha value is -1.06. The first-order valence-electron chi connectivity index (χ1n) is 8.26. The molecule has 0 amide bonds. The number of methoxy groups -OCH3 is 1. The van der Waals surface area contributed by atoms with Crippen molar-refractivity contribution < 1.29 is 4.74 Å². The van der Waals surface area contributed by atoms with Crippen molar-refractivity contribution in [3.63, 3.8) is 0 Å². The van der Waals surface area contributed by atoms with Gasteiger partial charge in [0.25, 0.3) is 0 Å². The molecule has 0 aliphatic heterocycles. The molecule has 0 saturated carbocycles. The first kappa shape index (κ1) is 18.0. The predicted octanol–water partition coefficient (Wildman–Crippen LogP) is 3.78. The van der Waals surface area contributed by atoms with Gasteiger partial charge in [-0.2, -0.15) is 0 Å². The third kappa shape index (κ3) is 5.68. The average Bonchev–Trinajstić information content (AvgIpc) is 2.51. The van der Waals surface area contributed by atoms with Crippen molar-refractivity contribution in [2.24, 2.45) is 0 Å². The van der Waals surface area contributed by atoms with Crippen molar-refractivity contribution in [2.75, 3.05) is 33.3 Å². The van der Waals surface area contributed by atoms with E-state index in [4.69, 9.17) is 4.74 Å². The standard InChI is InChI=1S/C18H32N2O/c1-6-12-19-18(11-13-20(7-2)8-3)17-10-9-16(21-5)14-15(17)4/h9-10,14,18-19H,6-8,11-13H2,1-5H3. The highest BCUT2D eigenvalue weighted by Gasteiger charge is 2.14. The minimum atomic E-state index is 0.427. The molecular formula is C18H32N2O. The monoisotopic (exact) mass is 292 g/mol. The number of nitrogens with zero attached hydrogens (tertiary/aromatic N) is 1. The van der Waals surface area contributed by atoms with Crippen LogP contribution in [0.15, 0.2) is 18.2 Å². The minimum Gasteiger partial charge on any atom is -0.497 e. The van der Waals surface area contributed by atoms with Gasteiger partial charge in [-0.15, -0.1) is 0 Å². The molecule has 120 valence electrons. The smallest absolute Gasteiger partial charge is 0.119 e. The highest BCUT2D eigenvalue weighted by Crippen LogP contribution is 2.25. The summed E-state index contributed by atoms with van der Waals surface area (Å²) < 4.78 is 5.32. The second kappa shape index (κ2) is 9.80. The van der Waals surface area contributed by atoms with Gasteiger partial charge in [-0.05, 0) is 69.2 Å². The molecule has 1 N–H and O–H groups in total. The van der Waals surface area contributed by atoms with Crippen LogP contribution in [0, 0.1) is 6.92 Å². The summed E-state index contributed by atoms with van der Waals surface area (Å²) in [6.07, 6.45) is 2.31. The molecule has 1 aromatic rings. The zero-order valence-corrected chi connectivity index (χ0v) is 14.4. The van der Waals surface area contributed by atoms with Gasteiger partial charge in [-0.3, -0.25) is 0 Å². The predicted molar refractivity (Wildman–Crippen MR) is 91.2 cm³/mol. The van der Waals surface area contributed by atoms with Crippen LogP contribution in [0.1, 0.15) is 50.8 Å². The molecule has 1 rings (SSSR count). The Balaban J connectivity index is 2.80. The molecule has 0 fully saturated rings. The van der Waals surface area contributed by atoms with E-state index in [0.717, 1.165) is 44.8 Å². The Morgan fingerprint density at radius 1 is 1.19 bits per heavy atom. The lowest BCUT2D eigenvalue weighted by Gasteiger charge is -2.25. The number of hydrogen-bond donors (Lipinski definition) is 1.